The number of hydrogen-bond acceptors (Lipinski definition) is 2. The molecule has 60 valence electrons. The molecule has 0 aliphatic carbocycles. The summed E-state index contributed by atoms with van der Waals surface area (Å²) in [6, 6.07) is 0.430. The van der Waals surface area contributed by atoms with Crippen molar-refractivity contribution in [2.75, 3.05) is 6.54 Å². The van der Waals surface area contributed by atoms with Crippen LogP contribution in [0.2, 0.25) is 0 Å². The highest BCUT2D eigenvalue weighted by atomic mass is 15.1. The van der Waals surface area contributed by atoms with Gasteiger partial charge in [0.05, 0.1) is 12.6 Å². The lowest BCUT2D eigenvalue weighted by Gasteiger charge is -2.01. The first-order valence-electron chi connectivity index (χ1n) is 4.17. The molecule has 0 aromatic carbocycles. The van der Waals surface area contributed by atoms with E-state index in [0.717, 1.165) is 6.54 Å². The normalized spacial score (nSPS) is 14.3. The van der Waals surface area contributed by atoms with Crippen molar-refractivity contribution in [1.29, 1.82) is 0 Å². The van der Waals surface area contributed by atoms with Gasteiger partial charge in [-0.3, -0.25) is 0 Å². The first-order chi connectivity index (χ1) is 4.81. The highest BCUT2D eigenvalue weighted by molar-refractivity contribution is 4.55. The van der Waals surface area contributed by atoms with Crippen LogP contribution >= 0.6 is 0 Å². The van der Waals surface area contributed by atoms with E-state index in [4.69, 9.17) is 0 Å². The molecule has 0 aromatic rings. The molecule has 0 radical (unpaired) electrons. The van der Waals surface area contributed by atoms with Crippen LogP contribution in [0.5, 0.6) is 0 Å². The standard InChI is InChI=1S/C8H18N2/c1-4-6-7-8(3)10-9-5-2/h8H,4-7H2,1-3H3. The summed E-state index contributed by atoms with van der Waals surface area (Å²) < 4.78 is 0. The fourth-order valence-corrected chi connectivity index (χ4v) is 0.778. The van der Waals surface area contributed by atoms with Gasteiger partial charge in [0, 0.05) is 0 Å². The monoisotopic (exact) mass is 142 g/mol. The van der Waals surface area contributed by atoms with E-state index in [1.165, 1.54) is 19.3 Å². The topological polar surface area (TPSA) is 24.7 Å². The largest absolute Gasteiger partial charge is 0.194 e. The second kappa shape index (κ2) is 6.72. The molecule has 0 spiro atoms. The zero-order valence-electron chi connectivity index (χ0n) is 7.30. The van der Waals surface area contributed by atoms with Crippen molar-refractivity contribution in [2.45, 2.75) is 46.1 Å². The maximum atomic E-state index is 4.11. The molecule has 0 heterocycles. The Morgan fingerprint density at radius 2 is 2.00 bits per heavy atom. The van der Waals surface area contributed by atoms with Crippen LogP contribution in [0, 0.1) is 0 Å². The summed E-state index contributed by atoms with van der Waals surface area (Å²) in [5.74, 6) is 0. The van der Waals surface area contributed by atoms with Crippen LogP contribution in [0.4, 0.5) is 0 Å². The molecule has 0 aromatic heterocycles. The van der Waals surface area contributed by atoms with E-state index in [9.17, 15) is 0 Å². The summed E-state index contributed by atoms with van der Waals surface area (Å²) in [5, 5.41) is 8.05. The summed E-state index contributed by atoms with van der Waals surface area (Å²) >= 11 is 0. The molecular weight excluding hydrogens is 124 g/mol. The number of azo groups is 1. The van der Waals surface area contributed by atoms with Crippen molar-refractivity contribution in [3.8, 4) is 0 Å². The molecule has 0 amide bonds. The maximum absolute atomic E-state index is 4.11. The predicted octanol–water partition coefficient (Wildman–Crippen LogP) is 3.04. The lowest BCUT2D eigenvalue weighted by molar-refractivity contribution is 0.588. The highest BCUT2D eigenvalue weighted by Crippen LogP contribution is 2.03. The third-order valence-electron chi connectivity index (χ3n) is 1.40. The highest BCUT2D eigenvalue weighted by Gasteiger charge is 1.95. The predicted molar refractivity (Wildman–Crippen MR) is 44.4 cm³/mol. The molecule has 0 fully saturated rings. The minimum atomic E-state index is 0.430. The van der Waals surface area contributed by atoms with Crippen LogP contribution in [0.3, 0.4) is 0 Å². The Labute approximate surface area is 63.7 Å². The molecule has 0 rings (SSSR count). The Balaban J connectivity index is 3.24. The molecule has 0 aliphatic rings. The van der Waals surface area contributed by atoms with Crippen LogP contribution in [0.25, 0.3) is 0 Å². The van der Waals surface area contributed by atoms with Crippen molar-refractivity contribution in [2.24, 2.45) is 10.2 Å². The van der Waals surface area contributed by atoms with Crippen LogP contribution in [-0.2, 0) is 0 Å². The Morgan fingerprint density at radius 3 is 2.50 bits per heavy atom. The van der Waals surface area contributed by atoms with Gasteiger partial charge in [-0.1, -0.05) is 19.8 Å². The minimum Gasteiger partial charge on any atom is -0.194 e. The van der Waals surface area contributed by atoms with Gasteiger partial charge in [-0.05, 0) is 20.3 Å². The van der Waals surface area contributed by atoms with Crippen molar-refractivity contribution in [1.82, 2.24) is 0 Å². The average Bonchev–Trinajstić information content (AvgIpc) is 1.97. The van der Waals surface area contributed by atoms with Crippen LogP contribution in [0.15, 0.2) is 10.2 Å². The van der Waals surface area contributed by atoms with Crippen molar-refractivity contribution in [3.05, 3.63) is 0 Å². The second-order valence-electron chi connectivity index (χ2n) is 2.56. The van der Waals surface area contributed by atoms with Gasteiger partial charge < -0.3 is 0 Å². The number of rotatable bonds is 5. The number of hydrogen-bond donors (Lipinski definition) is 0. The molecular formula is C8H18N2. The molecule has 2 nitrogen and oxygen atoms in total. The van der Waals surface area contributed by atoms with Crippen molar-refractivity contribution < 1.29 is 0 Å². The third-order valence-corrected chi connectivity index (χ3v) is 1.40. The van der Waals surface area contributed by atoms with E-state index < -0.39 is 0 Å². The van der Waals surface area contributed by atoms with Gasteiger partial charge in [0.15, 0.2) is 0 Å². The zero-order chi connectivity index (χ0) is 7.82. The molecule has 1 atom stereocenters. The Morgan fingerprint density at radius 1 is 1.30 bits per heavy atom. The molecule has 10 heavy (non-hydrogen) atoms. The van der Waals surface area contributed by atoms with Gasteiger partial charge in [0.25, 0.3) is 0 Å². The molecule has 1 unspecified atom stereocenters. The Bertz CT molecular complexity index is 89.3. The smallest absolute Gasteiger partial charge is 0.0680 e. The molecule has 2 heteroatoms. The van der Waals surface area contributed by atoms with E-state index >= 15 is 0 Å². The average molecular weight is 142 g/mol. The lowest BCUT2D eigenvalue weighted by Crippen LogP contribution is -1.95. The van der Waals surface area contributed by atoms with Gasteiger partial charge in [0.2, 0.25) is 0 Å². The fraction of sp³-hybridized carbons (Fsp3) is 1.00. The minimum absolute atomic E-state index is 0.430. The summed E-state index contributed by atoms with van der Waals surface area (Å²) in [7, 11) is 0. The van der Waals surface area contributed by atoms with E-state index in [1.54, 1.807) is 0 Å². The van der Waals surface area contributed by atoms with E-state index in [-0.39, 0.29) is 0 Å². The van der Waals surface area contributed by atoms with Crippen LogP contribution in [-0.4, -0.2) is 12.6 Å². The molecule has 0 aliphatic heterocycles. The summed E-state index contributed by atoms with van der Waals surface area (Å²) in [6.45, 7) is 7.14. The van der Waals surface area contributed by atoms with E-state index in [0.29, 0.717) is 6.04 Å². The van der Waals surface area contributed by atoms with Crippen molar-refractivity contribution >= 4 is 0 Å². The SMILES string of the molecule is CCCCC(C)N=NCC. The van der Waals surface area contributed by atoms with Crippen LogP contribution < -0.4 is 0 Å². The maximum Gasteiger partial charge on any atom is 0.0680 e. The second-order valence-corrected chi connectivity index (χ2v) is 2.56. The van der Waals surface area contributed by atoms with E-state index in [1.807, 2.05) is 6.92 Å². The van der Waals surface area contributed by atoms with Gasteiger partial charge in [-0.25, -0.2) is 0 Å². The van der Waals surface area contributed by atoms with Gasteiger partial charge >= 0.3 is 0 Å². The first-order valence-corrected chi connectivity index (χ1v) is 4.17. The molecule has 0 bridgehead atoms. The number of unbranched alkanes of at least 4 members (excludes halogenated alkanes) is 1. The molecule has 0 saturated heterocycles. The van der Waals surface area contributed by atoms with Gasteiger partial charge in [-0.2, -0.15) is 10.2 Å². The number of nitrogens with zero attached hydrogens (tertiary/aromatic N) is 2. The quantitative estimate of drug-likeness (QED) is 0.527. The van der Waals surface area contributed by atoms with Crippen molar-refractivity contribution in [3.63, 3.8) is 0 Å². The fourth-order valence-electron chi connectivity index (χ4n) is 0.778. The summed E-state index contributed by atoms with van der Waals surface area (Å²) in [5.41, 5.74) is 0. The zero-order valence-corrected chi connectivity index (χ0v) is 7.30. The molecule has 0 N–H and O–H groups in total. The Hall–Kier alpha value is -0.400. The lowest BCUT2D eigenvalue weighted by atomic mass is 10.2. The third kappa shape index (κ3) is 5.73. The van der Waals surface area contributed by atoms with Crippen LogP contribution in [0.1, 0.15) is 40.0 Å². The first kappa shape index (κ1) is 9.60. The van der Waals surface area contributed by atoms with Gasteiger partial charge in [0.1, 0.15) is 0 Å². The Kier molecular flexibility index (Phi) is 6.45. The van der Waals surface area contributed by atoms with Gasteiger partial charge in [-0.15, -0.1) is 0 Å². The van der Waals surface area contributed by atoms with E-state index in [2.05, 4.69) is 24.1 Å². The summed E-state index contributed by atoms with van der Waals surface area (Å²) in [4.78, 5) is 0. The molecule has 0 saturated carbocycles. The summed E-state index contributed by atoms with van der Waals surface area (Å²) in [6.07, 6.45) is 3.70.